The molecule has 1 aliphatic heterocycles. The number of fused-ring (bicyclic) bond motifs is 1. The number of pyridine rings is 1. The monoisotopic (exact) mass is 331 g/mol. The molecule has 1 fully saturated rings. The van der Waals surface area contributed by atoms with Gasteiger partial charge in [-0.15, -0.1) is 0 Å². The van der Waals surface area contributed by atoms with Crippen LogP contribution >= 0.6 is 0 Å². The summed E-state index contributed by atoms with van der Waals surface area (Å²) < 4.78 is 13.5. The number of aliphatic hydroxyl groups excluding tert-OH is 1. The van der Waals surface area contributed by atoms with Crippen LogP contribution in [-0.4, -0.2) is 47.3 Å². The van der Waals surface area contributed by atoms with Crippen LogP contribution in [-0.2, 0) is 0 Å². The van der Waals surface area contributed by atoms with Crippen LogP contribution in [0.15, 0.2) is 24.3 Å². The fourth-order valence-corrected chi connectivity index (χ4v) is 3.31. The normalized spacial score (nSPS) is 18.0. The molecule has 1 unspecified atom stereocenters. The number of likely N-dealkylation sites (tertiary alicyclic amines) is 1. The molecule has 0 spiro atoms. The van der Waals surface area contributed by atoms with Gasteiger partial charge < -0.3 is 15.3 Å². The zero-order valence-electron chi connectivity index (χ0n) is 14.4. The van der Waals surface area contributed by atoms with Gasteiger partial charge >= 0.3 is 0 Å². The average Bonchev–Trinajstić information content (AvgIpc) is 2.55. The van der Waals surface area contributed by atoms with Gasteiger partial charge in [-0.1, -0.05) is 6.92 Å². The van der Waals surface area contributed by atoms with Crippen LogP contribution in [0.5, 0.6) is 0 Å². The van der Waals surface area contributed by atoms with Crippen molar-refractivity contribution in [2.75, 3.05) is 31.5 Å². The third-order valence-electron chi connectivity index (χ3n) is 4.77. The smallest absolute Gasteiger partial charge is 0.124 e. The van der Waals surface area contributed by atoms with E-state index in [0.717, 1.165) is 41.3 Å². The quantitative estimate of drug-likeness (QED) is 0.883. The molecule has 1 saturated heterocycles. The van der Waals surface area contributed by atoms with Gasteiger partial charge in [-0.2, -0.15) is 0 Å². The van der Waals surface area contributed by atoms with Crippen molar-refractivity contribution in [2.45, 2.75) is 32.8 Å². The second-order valence-corrected chi connectivity index (χ2v) is 6.99. The van der Waals surface area contributed by atoms with Gasteiger partial charge in [0.2, 0.25) is 0 Å². The van der Waals surface area contributed by atoms with Crippen molar-refractivity contribution < 1.29 is 9.50 Å². The summed E-state index contributed by atoms with van der Waals surface area (Å²) in [7, 11) is 0. The predicted molar refractivity (Wildman–Crippen MR) is 95.8 cm³/mol. The van der Waals surface area contributed by atoms with E-state index in [1.54, 1.807) is 6.07 Å². The molecule has 0 amide bonds. The van der Waals surface area contributed by atoms with Gasteiger partial charge in [-0.25, -0.2) is 4.39 Å². The van der Waals surface area contributed by atoms with Crippen LogP contribution in [0.25, 0.3) is 10.9 Å². The predicted octanol–water partition coefficient (Wildman–Crippen LogP) is 3.19. The first-order valence-corrected chi connectivity index (χ1v) is 8.72. The van der Waals surface area contributed by atoms with E-state index in [-0.39, 0.29) is 5.82 Å². The SMILES string of the molecule is Cc1cc(NCC(O)CN2CCC(C)CC2)c2cc(F)ccc2n1. The summed E-state index contributed by atoms with van der Waals surface area (Å²) in [6.07, 6.45) is 1.96. The molecule has 2 aromatic rings. The Balaban J connectivity index is 1.63. The van der Waals surface area contributed by atoms with E-state index in [1.807, 2.05) is 13.0 Å². The highest BCUT2D eigenvalue weighted by atomic mass is 19.1. The maximum absolute atomic E-state index is 13.5. The van der Waals surface area contributed by atoms with Gasteiger partial charge in [0, 0.05) is 29.9 Å². The molecule has 5 heteroatoms. The van der Waals surface area contributed by atoms with E-state index in [9.17, 15) is 9.50 Å². The Hall–Kier alpha value is -1.72. The molecule has 2 heterocycles. The zero-order chi connectivity index (χ0) is 17.1. The third-order valence-corrected chi connectivity index (χ3v) is 4.77. The molecule has 1 aliphatic rings. The van der Waals surface area contributed by atoms with Gasteiger partial charge in [-0.05, 0) is 63.0 Å². The first-order chi connectivity index (χ1) is 11.5. The van der Waals surface area contributed by atoms with Crippen molar-refractivity contribution >= 4 is 16.6 Å². The van der Waals surface area contributed by atoms with Crippen molar-refractivity contribution in [1.82, 2.24) is 9.88 Å². The summed E-state index contributed by atoms with van der Waals surface area (Å²) in [5, 5.41) is 14.4. The number of halogens is 1. The first kappa shape index (κ1) is 17.1. The van der Waals surface area contributed by atoms with Gasteiger partial charge in [0.15, 0.2) is 0 Å². The van der Waals surface area contributed by atoms with Crippen molar-refractivity contribution in [3.05, 3.63) is 35.8 Å². The first-order valence-electron chi connectivity index (χ1n) is 8.72. The molecule has 0 saturated carbocycles. The van der Waals surface area contributed by atoms with Crippen LogP contribution in [0, 0.1) is 18.7 Å². The summed E-state index contributed by atoms with van der Waals surface area (Å²) in [5.41, 5.74) is 2.46. The minimum Gasteiger partial charge on any atom is -0.390 e. The van der Waals surface area contributed by atoms with Crippen molar-refractivity contribution in [3.63, 3.8) is 0 Å². The number of aliphatic hydroxyl groups is 1. The lowest BCUT2D eigenvalue weighted by atomic mass is 9.99. The zero-order valence-corrected chi connectivity index (χ0v) is 14.4. The lowest BCUT2D eigenvalue weighted by molar-refractivity contribution is 0.0990. The van der Waals surface area contributed by atoms with E-state index >= 15 is 0 Å². The summed E-state index contributed by atoms with van der Waals surface area (Å²) >= 11 is 0. The highest BCUT2D eigenvalue weighted by Gasteiger charge is 2.18. The number of benzene rings is 1. The van der Waals surface area contributed by atoms with Crippen LogP contribution < -0.4 is 5.32 Å². The Morgan fingerprint density at radius 2 is 2.08 bits per heavy atom. The Kier molecular flexibility index (Phi) is 5.31. The number of hydrogen-bond donors (Lipinski definition) is 2. The molecular weight excluding hydrogens is 305 g/mol. The molecule has 4 nitrogen and oxygen atoms in total. The molecule has 2 N–H and O–H groups in total. The largest absolute Gasteiger partial charge is 0.390 e. The van der Waals surface area contributed by atoms with Crippen molar-refractivity contribution in [1.29, 1.82) is 0 Å². The van der Waals surface area contributed by atoms with Gasteiger partial charge in [0.05, 0.1) is 11.6 Å². The number of rotatable bonds is 5. The molecule has 0 bridgehead atoms. The summed E-state index contributed by atoms with van der Waals surface area (Å²) in [5.74, 6) is 0.511. The number of nitrogens with one attached hydrogen (secondary N) is 1. The van der Waals surface area contributed by atoms with E-state index in [2.05, 4.69) is 22.1 Å². The van der Waals surface area contributed by atoms with Crippen molar-refractivity contribution in [3.8, 4) is 0 Å². The van der Waals surface area contributed by atoms with E-state index in [0.29, 0.717) is 13.1 Å². The molecule has 1 atom stereocenters. The molecule has 24 heavy (non-hydrogen) atoms. The number of hydrogen-bond acceptors (Lipinski definition) is 4. The van der Waals surface area contributed by atoms with Crippen LogP contribution in [0.4, 0.5) is 10.1 Å². The molecule has 1 aromatic heterocycles. The lowest BCUT2D eigenvalue weighted by Gasteiger charge is -2.31. The Morgan fingerprint density at radius 3 is 2.83 bits per heavy atom. The topological polar surface area (TPSA) is 48.4 Å². The standard InChI is InChI=1S/C19H26FN3O/c1-13-5-7-23(8-6-13)12-16(24)11-21-19-9-14(2)22-18-4-3-15(20)10-17(18)19/h3-4,9-10,13,16,24H,5-8,11-12H2,1-2H3,(H,21,22). The van der Waals surface area contributed by atoms with Crippen molar-refractivity contribution in [2.24, 2.45) is 5.92 Å². The molecule has 3 rings (SSSR count). The van der Waals surface area contributed by atoms with Crippen LogP contribution in [0.1, 0.15) is 25.5 Å². The second-order valence-electron chi connectivity index (χ2n) is 6.99. The Bertz CT molecular complexity index is 698. The maximum atomic E-state index is 13.5. The van der Waals surface area contributed by atoms with Crippen LogP contribution in [0.3, 0.4) is 0 Å². The number of aryl methyl sites for hydroxylation is 1. The van der Waals surface area contributed by atoms with Gasteiger partial charge in [0.1, 0.15) is 5.82 Å². The Labute approximate surface area is 142 Å². The maximum Gasteiger partial charge on any atom is 0.124 e. The summed E-state index contributed by atoms with van der Waals surface area (Å²) in [6.45, 7) is 7.43. The number of piperidine rings is 1. The van der Waals surface area contributed by atoms with E-state index in [1.165, 1.54) is 25.0 Å². The molecule has 1 aromatic carbocycles. The minimum atomic E-state index is -0.449. The molecule has 0 radical (unpaired) electrons. The van der Waals surface area contributed by atoms with Crippen LogP contribution in [0.2, 0.25) is 0 Å². The third kappa shape index (κ3) is 4.22. The highest BCUT2D eigenvalue weighted by Crippen LogP contribution is 2.24. The number of aromatic nitrogens is 1. The Morgan fingerprint density at radius 1 is 1.33 bits per heavy atom. The highest BCUT2D eigenvalue weighted by molar-refractivity contribution is 5.91. The number of β-amino-alcohol motifs (C(OH)–C–C–N with tert-alkyl or cyclic N) is 1. The van der Waals surface area contributed by atoms with Gasteiger partial charge in [0.25, 0.3) is 0 Å². The minimum absolute atomic E-state index is 0.279. The summed E-state index contributed by atoms with van der Waals surface area (Å²) in [6, 6.07) is 6.50. The molecule has 0 aliphatic carbocycles. The lowest BCUT2D eigenvalue weighted by Crippen LogP contribution is -2.40. The van der Waals surface area contributed by atoms with E-state index < -0.39 is 6.10 Å². The fraction of sp³-hybridized carbons (Fsp3) is 0.526. The average molecular weight is 331 g/mol. The number of nitrogens with zero attached hydrogens (tertiary/aromatic N) is 2. The van der Waals surface area contributed by atoms with Gasteiger partial charge in [-0.3, -0.25) is 4.98 Å². The van der Waals surface area contributed by atoms with E-state index in [4.69, 9.17) is 0 Å². The second kappa shape index (κ2) is 7.45. The molecule has 130 valence electrons. The summed E-state index contributed by atoms with van der Waals surface area (Å²) in [4.78, 5) is 6.75. The number of anilines is 1. The fourth-order valence-electron chi connectivity index (χ4n) is 3.31. The molecular formula is C19H26FN3O.